The molecule has 0 amide bonds. The van der Waals surface area contributed by atoms with Gasteiger partial charge in [-0.1, -0.05) is 0 Å². The first-order valence-corrected chi connectivity index (χ1v) is 3.58. The summed E-state index contributed by atoms with van der Waals surface area (Å²) in [6, 6.07) is 0. The van der Waals surface area contributed by atoms with Crippen LogP contribution in [0.15, 0.2) is 4.42 Å². The van der Waals surface area contributed by atoms with Crippen LogP contribution in [-0.4, -0.2) is 10.1 Å². The molecule has 0 bridgehead atoms. The molecular weight excluding hydrogens is 142 g/mol. The van der Waals surface area contributed by atoms with Crippen molar-refractivity contribution in [2.24, 2.45) is 0 Å². The molecule has 0 aliphatic rings. The predicted molar refractivity (Wildman–Crippen MR) is 41.2 cm³/mol. The monoisotopic (exact) mass is 155 g/mol. The molecule has 3 nitrogen and oxygen atoms in total. The third kappa shape index (κ3) is 1.60. The highest BCUT2D eigenvalue weighted by molar-refractivity contribution is 5.13. The summed E-state index contributed by atoms with van der Waals surface area (Å²) in [7, 11) is 0. The minimum atomic E-state index is -0.925. The van der Waals surface area contributed by atoms with Gasteiger partial charge in [0.15, 0.2) is 11.7 Å². The predicted octanol–water partition coefficient (Wildman–Crippen LogP) is 1.52. The van der Waals surface area contributed by atoms with Crippen molar-refractivity contribution in [3.63, 3.8) is 0 Å². The topological polar surface area (TPSA) is 46.3 Å². The van der Waals surface area contributed by atoms with Gasteiger partial charge in [0.25, 0.3) is 0 Å². The summed E-state index contributed by atoms with van der Waals surface area (Å²) in [6.07, 6.45) is 0. The fourth-order valence-corrected chi connectivity index (χ4v) is 1.10. The van der Waals surface area contributed by atoms with Crippen LogP contribution < -0.4 is 0 Å². The number of rotatable bonds is 1. The van der Waals surface area contributed by atoms with Gasteiger partial charge in [0.1, 0.15) is 5.60 Å². The average Bonchev–Trinajstić information content (AvgIpc) is 2.08. The molecule has 0 saturated heterocycles. The Morgan fingerprint density at radius 3 is 2.09 bits per heavy atom. The highest BCUT2D eigenvalue weighted by atomic mass is 16.4. The molecule has 0 aromatic carbocycles. The zero-order chi connectivity index (χ0) is 8.65. The lowest BCUT2D eigenvalue weighted by Gasteiger charge is -2.13. The number of hydrogen-bond donors (Lipinski definition) is 1. The van der Waals surface area contributed by atoms with Crippen molar-refractivity contribution in [3.05, 3.63) is 17.3 Å². The van der Waals surface area contributed by atoms with Crippen molar-refractivity contribution in [2.75, 3.05) is 0 Å². The van der Waals surface area contributed by atoms with E-state index in [-0.39, 0.29) is 0 Å². The SMILES string of the molecule is Cc1nc(C)c(C(C)(C)O)o1. The maximum atomic E-state index is 9.55. The Hall–Kier alpha value is -0.830. The first-order chi connectivity index (χ1) is 4.91. The van der Waals surface area contributed by atoms with Crippen molar-refractivity contribution >= 4 is 0 Å². The standard InChI is InChI=1S/C8H13NO2/c1-5-7(8(3,4)10)11-6(2)9-5/h10H,1-4H3. The number of aliphatic hydroxyl groups is 1. The van der Waals surface area contributed by atoms with E-state index >= 15 is 0 Å². The van der Waals surface area contributed by atoms with Crippen LogP contribution in [0.4, 0.5) is 0 Å². The fourth-order valence-electron chi connectivity index (χ4n) is 1.10. The Kier molecular flexibility index (Phi) is 1.76. The summed E-state index contributed by atoms with van der Waals surface area (Å²) in [6.45, 7) is 6.95. The highest BCUT2D eigenvalue weighted by Gasteiger charge is 2.23. The van der Waals surface area contributed by atoms with Crippen LogP contribution in [0, 0.1) is 13.8 Å². The van der Waals surface area contributed by atoms with E-state index in [0.29, 0.717) is 11.7 Å². The molecule has 1 aromatic rings. The van der Waals surface area contributed by atoms with Gasteiger partial charge in [-0.2, -0.15) is 0 Å². The molecule has 0 radical (unpaired) electrons. The van der Waals surface area contributed by atoms with Gasteiger partial charge in [-0.05, 0) is 20.8 Å². The summed E-state index contributed by atoms with van der Waals surface area (Å²) >= 11 is 0. The van der Waals surface area contributed by atoms with Crippen molar-refractivity contribution in [3.8, 4) is 0 Å². The Labute approximate surface area is 66.1 Å². The second kappa shape index (κ2) is 2.34. The molecule has 0 spiro atoms. The molecule has 1 N–H and O–H groups in total. The number of aryl methyl sites for hydroxylation is 2. The van der Waals surface area contributed by atoms with Crippen LogP contribution in [0.2, 0.25) is 0 Å². The molecule has 62 valence electrons. The van der Waals surface area contributed by atoms with Gasteiger partial charge in [0, 0.05) is 6.92 Å². The Balaban J connectivity index is 3.13. The Morgan fingerprint density at radius 2 is 1.91 bits per heavy atom. The molecule has 3 heteroatoms. The van der Waals surface area contributed by atoms with Crippen molar-refractivity contribution in [1.82, 2.24) is 4.98 Å². The van der Waals surface area contributed by atoms with Crippen LogP contribution >= 0.6 is 0 Å². The summed E-state index contributed by atoms with van der Waals surface area (Å²) in [4.78, 5) is 4.05. The van der Waals surface area contributed by atoms with Crippen molar-refractivity contribution in [2.45, 2.75) is 33.3 Å². The minimum absolute atomic E-state index is 0.551. The van der Waals surface area contributed by atoms with Crippen LogP contribution in [0.25, 0.3) is 0 Å². The fraction of sp³-hybridized carbons (Fsp3) is 0.625. The Bertz CT molecular complexity index is 258. The van der Waals surface area contributed by atoms with Gasteiger partial charge < -0.3 is 9.52 Å². The largest absolute Gasteiger partial charge is 0.443 e. The van der Waals surface area contributed by atoms with E-state index in [1.807, 2.05) is 6.92 Å². The van der Waals surface area contributed by atoms with Crippen LogP contribution in [-0.2, 0) is 5.60 Å². The molecule has 0 aliphatic heterocycles. The zero-order valence-corrected chi connectivity index (χ0v) is 7.30. The molecule has 0 unspecified atom stereocenters. The first-order valence-electron chi connectivity index (χ1n) is 3.58. The Morgan fingerprint density at radius 1 is 1.36 bits per heavy atom. The second-order valence-corrected chi connectivity index (χ2v) is 3.21. The maximum absolute atomic E-state index is 9.55. The van der Waals surface area contributed by atoms with Crippen molar-refractivity contribution in [1.29, 1.82) is 0 Å². The molecule has 0 atom stereocenters. The maximum Gasteiger partial charge on any atom is 0.191 e. The van der Waals surface area contributed by atoms with Crippen LogP contribution in [0.3, 0.4) is 0 Å². The van der Waals surface area contributed by atoms with Gasteiger partial charge in [-0.15, -0.1) is 0 Å². The molecule has 0 saturated carbocycles. The van der Waals surface area contributed by atoms with Gasteiger partial charge in [-0.3, -0.25) is 0 Å². The molecule has 11 heavy (non-hydrogen) atoms. The van der Waals surface area contributed by atoms with E-state index < -0.39 is 5.60 Å². The van der Waals surface area contributed by atoms with E-state index in [9.17, 15) is 5.11 Å². The molecule has 1 heterocycles. The normalized spacial score (nSPS) is 12.1. The number of aromatic nitrogens is 1. The minimum Gasteiger partial charge on any atom is -0.443 e. The van der Waals surface area contributed by atoms with Crippen LogP contribution in [0.1, 0.15) is 31.2 Å². The zero-order valence-electron chi connectivity index (χ0n) is 7.30. The van der Waals surface area contributed by atoms with E-state index in [0.717, 1.165) is 5.69 Å². The number of nitrogens with zero attached hydrogens (tertiary/aromatic N) is 1. The second-order valence-electron chi connectivity index (χ2n) is 3.21. The van der Waals surface area contributed by atoms with Gasteiger partial charge in [0.05, 0.1) is 5.69 Å². The molecular formula is C8H13NO2. The van der Waals surface area contributed by atoms with Gasteiger partial charge >= 0.3 is 0 Å². The lowest BCUT2D eigenvalue weighted by molar-refractivity contribution is 0.0524. The third-order valence-corrected chi connectivity index (χ3v) is 1.46. The van der Waals surface area contributed by atoms with E-state index in [1.165, 1.54) is 0 Å². The number of oxazole rings is 1. The van der Waals surface area contributed by atoms with E-state index in [2.05, 4.69) is 4.98 Å². The quantitative estimate of drug-likeness (QED) is 0.668. The summed E-state index contributed by atoms with van der Waals surface area (Å²) in [5, 5.41) is 9.55. The third-order valence-electron chi connectivity index (χ3n) is 1.46. The molecule has 0 aliphatic carbocycles. The van der Waals surface area contributed by atoms with Gasteiger partial charge in [-0.25, -0.2) is 4.98 Å². The van der Waals surface area contributed by atoms with Crippen molar-refractivity contribution < 1.29 is 9.52 Å². The molecule has 1 aromatic heterocycles. The summed E-state index contributed by atoms with van der Waals surface area (Å²) in [5.41, 5.74) is -0.166. The number of hydrogen-bond acceptors (Lipinski definition) is 3. The first kappa shape index (κ1) is 8.27. The summed E-state index contributed by atoms with van der Waals surface area (Å²) in [5.74, 6) is 1.15. The smallest absolute Gasteiger partial charge is 0.191 e. The van der Waals surface area contributed by atoms with E-state index in [4.69, 9.17) is 4.42 Å². The molecule has 1 rings (SSSR count). The van der Waals surface area contributed by atoms with Crippen LogP contribution in [0.5, 0.6) is 0 Å². The average molecular weight is 155 g/mol. The lowest BCUT2D eigenvalue weighted by Crippen LogP contribution is -2.15. The highest BCUT2D eigenvalue weighted by Crippen LogP contribution is 2.23. The summed E-state index contributed by atoms with van der Waals surface area (Å²) < 4.78 is 5.22. The van der Waals surface area contributed by atoms with Gasteiger partial charge in [0.2, 0.25) is 0 Å². The van der Waals surface area contributed by atoms with E-state index in [1.54, 1.807) is 20.8 Å². The lowest BCUT2D eigenvalue weighted by atomic mass is 10.1. The molecule has 0 fully saturated rings.